The first kappa shape index (κ1) is 8.66. The predicted molar refractivity (Wildman–Crippen MR) is 54.5 cm³/mol. The van der Waals surface area contributed by atoms with E-state index in [0.29, 0.717) is 16.4 Å². The summed E-state index contributed by atoms with van der Waals surface area (Å²) in [5.41, 5.74) is 6.21. The molecule has 2 rings (SSSR count). The van der Waals surface area contributed by atoms with Crippen LogP contribution in [0.2, 0.25) is 0 Å². The molecule has 0 aliphatic rings. The van der Waals surface area contributed by atoms with E-state index in [1.54, 1.807) is 12.3 Å². The quantitative estimate of drug-likeness (QED) is 0.763. The Morgan fingerprint density at radius 1 is 1.36 bits per heavy atom. The Bertz CT molecular complexity index is 498. The third kappa shape index (κ3) is 1.56. The second kappa shape index (κ2) is 3.44. The van der Waals surface area contributed by atoms with Crippen LogP contribution in [0.1, 0.15) is 4.88 Å². The normalized spacial score (nSPS) is 9.64. The van der Waals surface area contributed by atoms with E-state index in [1.165, 1.54) is 17.5 Å². The summed E-state index contributed by atoms with van der Waals surface area (Å²) in [6, 6.07) is 5.67. The van der Waals surface area contributed by atoms with Crippen molar-refractivity contribution >= 4 is 17.2 Å². The number of hydrogen-bond donors (Lipinski definition) is 1. The van der Waals surface area contributed by atoms with Crippen LogP contribution in [0.25, 0.3) is 10.6 Å². The lowest BCUT2D eigenvalue weighted by Crippen LogP contribution is -1.92. The summed E-state index contributed by atoms with van der Waals surface area (Å²) in [7, 11) is 0. The molecule has 0 aliphatic carbocycles. The minimum atomic E-state index is 0.384. The van der Waals surface area contributed by atoms with Crippen molar-refractivity contribution < 1.29 is 0 Å². The molecule has 0 aromatic carbocycles. The van der Waals surface area contributed by atoms with Gasteiger partial charge in [-0.25, -0.2) is 4.98 Å². The monoisotopic (exact) mass is 202 g/mol. The standard InChI is InChI=1S/C9H6N4S/c10-3-6-1-2-8(14-6)7-4-12-5-9(11)13-7/h1-2,4-5H,(H2,11,13). The van der Waals surface area contributed by atoms with Crippen molar-refractivity contribution in [3.05, 3.63) is 29.4 Å². The molecule has 0 unspecified atom stereocenters. The van der Waals surface area contributed by atoms with E-state index < -0.39 is 0 Å². The van der Waals surface area contributed by atoms with Gasteiger partial charge in [-0.15, -0.1) is 11.3 Å². The number of anilines is 1. The topological polar surface area (TPSA) is 75.6 Å². The second-order valence-electron chi connectivity index (χ2n) is 2.60. The predicted octanol–water partition coefficient (Wildman–Crippen LogP) is 1.66. The number of aromatic nitrogens is 2. The van der Waals surface area contributed by atoms with Crippen LogP contribution in [0, 0.1) is 11.3 Å². The first-order valence-electron chi connectivity index (χ1n) is 3.87. The molecule has 0 fully saturated rings. The van der Waals surface area contributed by atoms with Crippen molar-refractivity contribution in [2.24, 2.45) is 0 Å². The fraction of sp³-hybridized carbons (Fsp3) is 0. The summed E-state index contributed by atoms with van der Waals surface area (Å²) in [5, 5.41) is 8.65. The van der Waals surface area contributed by atoms with Gasteiger partial charge in [-0.05, 0) is 12.1 Å². The summed E-state index contributed by atoms with van der Waals surface area (Å²) < 4.78 is 0. The van der Waals surface area contributed by atoms with Gasteiger partial charge in [0, 0.05) is 0 Å². The second-order valence-corrected chi connectivity index (χ2v) is 3.69. The maximum Gasteiger partial charge on any atom is 0.142 e. The third-order valence-corrected chi connectivity index (χ3v) is 2.63. The van der Waals surface area contributed by atoms with Gasteiger partial charge < -0.3 is 5.73 Å². The zero-order chi connectivity index (χ0) is 9.97. The first-order valence-corrected chi connectivity index (χ1v) is 4.69. The molecule has 4 nitrogen and oxygen atoms in total. The zero-order valence-corrected chi connectivity index (χ0v) is 7.95. The van der Waals surface area contributed by atoms with E-state index >= 15 is 0 Å². The molecule has 0 amide bonds. The Balaban J connectivity index is 2.45. The third-order valence-electron chi connectivity index (χ3n) is 1.62. The Kier molecular flexibility index (Phi) is 2.13. The smallest absolute Gasteiger partial charge is 0.142 e. The molecule has 2 heterocycles. The number of nitrogens with two attached hydrogens (primary N) is 1. The fourth-order valence-corrected chi connectivity index (χ4v) is 1.79. The van der Waals surface area contributed by atoms with Gasteiger partial charge in [0.2, 0.25) is 0 Å². The van der Waals surface area contributed by atoms with E-state index in [-0.39, 0.29) is 0 Å². The maximum atomic E-state index is 8.65. The van der Waals surface area contributed by atoms with Crippen LogP contribution in [-0.4, -0.2) is 9.97 Å². The number of nitriles is 1. The molecule has 0 spiro atoms. The Morgan fingerprint density at radius 2 is 2.21 bits per heavy atom. The van der Waals surface area contributed by atoms with Crippen molar-refractivity contribution in [1.29, 1.82) is 5.26 Å². The lowest BCUT2D eigenvalue weighted by atomic mass is 10.3. The zero-order valence-electron chi connectivity index (χ0n) is 7.14. The molecule has 0 saturated carbocycles. The molecule has 14 heavy (non-hydrogen) atoms. The van der Waals surface area contributed by atoms with Crippen LogP contribution < -0.4 is 5.73 Å². The molecule has 0 saturated heterocycles. The van der Waals surface area contributed by atoms with Gasteiger partial charge in [0.1, 0.15) is 22.5 Å². The van der Waals surface area contributed by atoms with Crippen LogP contribution in [0.3, 0.4) is 0 Å². The summed E-state index contributed by atoms with van der Waals surface area (Å²) >= 11 is 1.38. The SMILES string of the molecule is N#Cc1ccc(-c2cncc(N)n2)s1. The number of nitrogens with zero attached hydrogens (tertiary/aromatic N) is 3. The largest absolute Gasteiger partial charge is 0.382 e. The fourth-order valence-electron chi connectivity index (χ4n) is 1.04. The minimum Gasteiger partial charge on any atom is -0.382 e. The van der Waals surface area contributed by atoms with Crippen molar-refractivity contribution in [1.82, 2.24) is 9.97 Å². The number of thiophene rings is 1. The summed E-state index contributed by atoms with van der Waals surface area (Å²) in [4.78, 5) is 9.60. The van der Waals surface area contributed by atoms with Crippen molar-refractivity contribution in [2.45, 2.75) is 0 Å². The van der Waals surface area contributed by atoms with Crippen molar-refractivity contribution in [2.75, 3.05) is 5.73 Å². The van der Waals surface area contributed by atoms with Crippen LogP contribution >= 0.6 is 11.3 Å². The first-order chi connectivity index (χ1) is 6.79. The van der Waals surface area contributed by atoms with Crippen molar-refractivity contribution in [3.8, 4) is 16.6 Å². The Hall–Kier alpha value is -1.93. The maximum absolute atomic E-state index is 8.65. The highest BCUT2D eigenvalue weighted by atomic mass is 32.1. The average molecular weight is 202 g/mol. The summed E-state index contributed by atoms with van der Waals surface area (Å²) in [6.07, 6.45) is 3.12. The molecule has 5 heteroatoms. The van der Waals surface area contributed by atoms with Crippen LogP contribution in [0.15, 0.2) is 24.5 Å². The molecular formula is C9H6N4S. The van der Waals surface area contributed by atoms with E-state index in [4.69, 9.17) is 11.0 Å². The van der Waals surface area contributed by atoms with Gasteiger partial charge in [0.15, 0.2) is 0 Å². The molecule has 0 atom stereocenters. The Labute approximate surface area is 84.7 Å². The number of nitrogen functional groups attached to an aromatic ring is 1. The highest BCUT2D eigenvalue weighted by molar-refractivity contribution is 7.15. The van der Waals surface area contributed by atoms with Gasteiger partial charge >= 0.3 is 0 Å². The Morgan fingerprint density at radius 3 is 2.86 bits per heavy atom. The molecule has 2 aromatic heterocycles. The van der Waals surface area contributed by atoms with Crippen LogP contribution in [-0.2, 0) is 0 Å². The highest BCUT2D eigenvalue weighted by Gasteiger charge is 2.04. The van der Waals surface area contributed by atoms with Gasteiger partial charge in [-0.1, -0.05) is 0 Å². The van der Waals surface area contributed by atoms with E-state index in [0.717, 1.165) is 4.88 Å². The lowest BCUT2D eigenvalue weighted by molar-refractivity contribution is 1.22. The molecule has 68 valence electrons. The number of rotatable bonds is 1. The molecule has 0 aliphatic heterocycles. The molecule has 2 N–H and O–H groups in total. The molecule has 0 radical (unpaired) electrons. The minimum absolute atomic E-state index is 0.384. The molecule has 0 bridgehead atoms. The molecular weight excluding hydrogens is 196 g/mol. The van der Waals surface area contributed by atoms with Crippen molar-refractivity contribution in [3.63, 3.8) is 0 Å². The average Bonchev–Trinajstić information content (AvgIpc) is 2.66. The lowest BCUT2D eigenvalue weighted by Gasteiger charge is -1.95. The van der Waals surface area contributed by atoms with Gasteiger partial charge in [-0.3, -0.25) is 4.98 Å². The summed E-state index contributed by atoms with van der Waals surface area (Å²) in [6.45, 7) is 0. The van der Waals surface area contributed by atoms with Gasteiger partial charge in [-0.2, -0.15) is 5.26 Å². The van der Waals surface area contributed by atoms with Gasteiger partial charge in [0.25, 0.3) is 0 Å². The highest BCUT2D eigenvalue weighted by Crippen LogP contribution is 2.25. The number of hydrogen-bond acceptors (Lipinski definition) is 5. The van der Waals surface area contributed by atoms with E-state index in [9.17, 15) is 0 Å². The van der Waals surface area contributed by atoms with Gasteiger partial charge in [0.05, 0.1) is 17.3 Å². The molecule has 2 aromatic rings. The van der Waals surface area contributed by atoms with Crippen LogP contribution in [0.4, 0.5) is 5.82 Å². The van der Waals surface area contributed by atoms with E-state index in [2.05, 4.69) is 16.0 Å². The van der Waals surface area contributed by atoms with Crippen LogP contribution in [0.5, 0.6) is 0 Å². The van der Waals surface area contributed by atoms with E-state index in [1.807, 2.05) is 6.07 Å². The summed E-state index contributed by atoms with van der Waals surface area (Å²) in [5.74, 6) is 0.384.